The summed E-state index contributed by atoms with van der Waals surface area (Å²) in [5.74, 6) is 1.13. The highest BCUT2D eigenvalue weighted by molar-refractivity contribution is 5.98. The first-order chi connectivity index (χ1) is 15.6. The summed E-state index contributed by atoms with van der Waals surface area (Å²) in [6, 6.07) is 17.2. The van der Waals surface area contributed by atoms with E-state index in [1.807, 2.05) is 30.3 Å². The predicted octanol–water partition coefficient (Wildman–Crippen LogP) is 4.12. The number of hydrogen-bond acceptors (Lipinski definition) is 6. The fourth-order valence-corrected chi connectivity index (χ4v) is 2.75. The van der Waals surface area contributed by atoms with Crippen LogP contribution in [0.1, 0.15) is 46.4 Å². The minimum Gasteiger partial charge on any atom is -0.493 e. The van der Waals surface area contributed by atoms with Gasteiger partial charge in [0, 0.05) is 5.56 Å². The number of para-hydroxylation sites is 1. The molecular weight excluding hydrogens is 412 g/mol. The summed E-state index contributed by atoms with van der Waals surface area (Å²) in [5, 5.41) is 0. The zero-order chi connectivity index (χ0) is 22.8. The summed E-state index contributed by atoms with van der Waals surface area (Å²) in [6.07, 6.45) is 1.93. The number of rotatable bonds is 10. The summed E-state index contributed by atoms with van der Waals surface area (Å²) >= 11 is 0. The van der Waals surface area contributed by atoms with Crippen LogP contribution in [0.15, 0.2) is 65.1 Å². The monoisotopic (exact) mass is 438 g/mol. The van der Waals surface area contributed by atoms with Crippen molar-refractivity contribution in [2.45, 2.75) is 26.4 Å². The van der Waals surface area contributed by atoms with Gasteiger partial charge in [0.25, 0.3) is 5.91 Å². The van der Waals surface area contributed by atoms with E-state index in [2.05, 4.69) is 17.8 Å². The molecule has 2 N–H and O–H groups in total. The molecule has 0 radical (unpaired) electrons. The minimum absolute atomic E-state index is 0.0502. The third-order valence-electron chi connectivity index (χ3n) is 4.48. The van der Waals surface area contributed by atoms with E-state index in [9.17, 15) is 9.59 Å². The van der Waals surface area contributed by atoms with Crippen LogP contribution in [0.3, 0.4) is 0 Å². The predicted molar refractivity (Wildman–Crippen MR) is 118 cm³/mol. The standard InChI is InChI=1S/C24H26N2O6/c1-3-4-14-30-20-12-10-17(15-22(20)29-2)23(27)25-26-24(28)21-13-11-19(32-21)16-31-18-8-6-5-7-9-18/h5-13,15H,3-4,14,16H2,1-2H3,(H,25,27)(H,26,28). The Hall–Kier alpha value is -3.94. The van der Waals surface area contributed by atoms with Crippen LogP contribution in [0.5, 0.6) is 17.2 Å². The molecule has 32 heavy (non-hydrogen) atoms. The molecule has 3 aromatic rings. The Bertz CT molecular complexity index is 1030. The number of methoxy groups -OCH3 is 1. The first-order valence-electron chi connectivity index (χ1n) is 10.3. The van der Waals surface area contributed by atoms with Gasteiger partial charge in [-0.1, -0.05) is 31.5 Å². The molecule has 0 fully saturated rings. The fraction of sp³-hybridized carbons (Fsp3) is 0.250. The Morgan fingerprint density at radius 3 is 2.44 bits per heavy atom. The third kappa shape index (κ3) is 6.28. The summed E-state index contributed by atoms with van der Waals surface area (Å²) in [5.41, 5.74) is 5.00. The molecule has 0 aliphatic heterocycles. The first kappa shape index (κ1) is 22.7. The summed E-state index contributed by atoms with van der Waals surface area (Å²) in [7, 11) is 1.50. The molecule has 1 heterocycles. The lowest BCUT2D eigenvalue weighted by Gasteiger charge is -2.12. The largest absolute Gasteiger partial charge is 0.493 e. The molecule has 2 aromatic carbocycles. The quantitative estimate of drug-likeness (QED) is 0.365. The van der Waals surface area contributed by atoms with Crippen molar-refractivity contribution in [3.63, 3.8) is 0 Å². The van der Waals surface area contributed by atoms with E-state index < -0.39 is 11.8 Å². The van der Waals surface area contributed by atoms with Crippen LogP contribution in [0.25, 0.3) is 0 Å². The second-order valence-corrected chi connectivity index (χ2v) is 6.84. The van der Waals surface area contributed by atoms with Crippen LogP contribution < -0.4 is 25.1 Å². The van der Waals surface area contributed by atoms with Crippen LogP contribution in [-0.2, 0) is 6.61 Å². The fourth-order valence-electron chi connectivity index (χ4n) is 2.75. The SMILES string of the molecule is CCCCOc1ccc(C(=O)NNC(=O)c2ccc(COc3ccccc3)o2)cc1OC. The van der Waals surface area contributed by atoms with Gasteiger partial charge in [0.2, 0.25) is 0 Å². The zero-order valence-corrected chi connectivity index (χ0v) is 18.1. The second-order valence-electron chi connectivity index (χ2n) is 6.84. The van der Waals surface area contributed by atoms with Gasteiger partial charge in [-0.05, 0) is 48.9 Å². The van der Waals surface area contributed by atoms with Gasteiger partial charge in [-0.15, -0.1) is 0 Å². The van der Waals surface area contributed by atoms with E-state index in [0.717, 1.165) is 12.8 Å². The van der Waals surface area contributed by atoms with Gasteiger partial charge in [0.05, 0.1) is 13.7 Å². The number of carbonyl (C=O) groups is 2. The summed E-state index contributed by atoms with van der Waals surface area (Å²) < 4.78 is 22.0. The average Bonchev–Trinajstić information content (AvgIpc) is 3.31. The zero-order valence-electron chi connectivity index (χ0n) is 18.1. The lowest BCUT2D eigenvalue weighted by Crippen LogP contribution is -2.41. The number of hydrazine groups is 1. The van der Waals surface area contributed by atoms with Crippen molar-refractivity contribution in [1.29, 1.82) is 0 Å². The molecule has 0 saturated carbocycles. The molecule has 8 heteroatoms. The number of furan rings is 1. The van der Waals surface area contributed by atoms with Gasteiger partial charge in [0.15, 0.2) is 17.3 Å². The highest BCUT2D eigenvalue weighted by Crippen LogP contribution is 2.28. The van der Waals surface area contributed by atoms with E-state index in [1.165, 1.54) is 13.2 Å². The summed E-state index contributed by atoms with van der Waals surface area (Å²) in [6.45, 7) is 2.82. The maximum atomic E-state index is 12.4. The molecule has 3 rings (SSSR count). The number of unbranched alkanes of at least 4 members (excludes halogenated alkanes) is 1. The van der Waals surface area contributed by atoms with Gasteiger partial charge in [0.1, 0.15) is 18.1 Å². The Balaban J connectivity index is 1.52. The maximum absolute atomic E-state index is 12.4. The number of nitrogens with one attached hydrogen (secondary N) is 2. The average molecular weight is 438 g/mol. The highest BCUT2D eigenvalue weighted by atomic mass is 16.5. The van der Waals surface area contributed by atoms with E-state index >= 15 is 0 Å². The Morgan fingerprint density at radius 2 is 1.69 bits per heavy atom. The van der Waals surface area contributed by atoms with Crippen molar-refractivity contribution in [2.24, 2.45) is 0 Å². The second kappa shape index (κ2) is 11.5. The van der Waals surface area contributed by atoms with Crippen LogP contribution in [0.4, 0.5) is 0 Å². The molecule has 2 amide bonds. The van der Waals surface area contributed by atoms with E-state index in [1.54, 1.807) is 24.3 Å². The maximum Gasteiger partial charge on any atom is 0.305 e. The Kier molecular flexibility index (Phi) is 8.14. The van der Waals surface area contributed by atoms with Gasteiger partial charge in [-0.25, -0.2) is 0 Å². The van der Waals surface area contributed by atoms with Crippen molar-refractivity contribution in [2.75, 3.05) is 13.7 Å². The van der Waals surface area contributed by atoms with E-state index in [0.29, 0.717) is 35.2 Å². The molecule has 0 spiro atoms. The molecule has 0 saturated heterocycles. The number of amides is 2. The lowest BCUT2D eigenvalue weighted by molar-refractivity contribution is 0.0828. The van der Waals surface area contributed by atoms with E-state index in [4.69, 9.17) is 18.6 Å². The Labute approximate surface area is 186 Å². The number of hydrogen-bond donors (Lipinski definition) is 2. The van der Waals surface area contributed by atoms with Crippen LogP contribution in [0, 0.1) is 0 Å². The van der Waals surface area contributed by atoms with E-state index in [-0.39, 0.29) is 12.4 Å². The van der Waals surface area contributed by atoms with Crippen molar-refractivity contribution >= 4 is 11.8 Å². The topological polar surface area (TPSA) is 99.0 Å². The molecule has 1 aromatic heterocycles. The molecule has 0 unspecified atom stereocenters. The van der Waals surface area contributed by atoms with Gasteiger partial charge in [-0.2, -0.15) is 0 Å². The van der Waals surface area contributed by atoms with Crippen molar-refractivity contribution in [3.8, 4) is 17.2 Å². The van der Waals surface area contributed by atoms with Crippen molar-refractivity contribution < 1.29 is 28.2 Å². The number of ether oxygens (including phenoxy) is 3. The molecule has 0 bridgehead atoms. The van der Waals surface area contributed by atoms with Gasteiger partial charge >= 0.3 is 5.91 Å². The van der Waals surface area contributed by atoms with Crippen molar-refractivity contribution in [1.82, 2.24) is 10.9 Å². The molecule has 0 aliphatic carbocycles. The molecule has 168 valence electrons. The summed E-state index contributed by atoms with van der Waals surface area (Å²) in [4.78, 5) is 24.7. The number of carbonyl (C=O) groups excluding carboxylic acids is 2. The normalized spacial score (nSPS) is 10.3. The number of benzene rings is 2. The molecule has 0 atom stereocenters. The minimum atomic E-state index is -0.587. The molecular formula is C24H26N2O6. The van der Waals surface area contributed by atoms with Gasteiger partial charge in [-0.3, -0.25) is 20.4 Å². The van der Waals surface area contributed by atoms with Crippen LogP contribution in [-0.4, -0.2) is 25.5 Å². The third-order valence-corrected chi connectivity index (χ3v) is 4.48. The van der Waals surface area contributed by atoms with Gasteiger partial charge < -0.3 is 18.6 Å². The highest BCUT2D eigenvalue weighted by Gasteiger charge is 2.15. The van der Waals surface area contributed by atoms with Crippen LogP contribution >= 0.6 is 0 Å². The van der Waals surface area contributed by atoms with Crippen molar-refractivity contribution in [3.05, 3.63) is 77.7 Å². The van der Waals surface area contributed by atoms with Crippen LogP contribution in [0.2, 0.25) is 0 Å². The molecule has 8 nitrogen and oxygen atoms in total. The first-order valence-corrected chi connectivity index (χ1v) is 10.3. The smallest absolute Gasteiger partial charge is 0.305 e. The Morgan fingerprint density at radius 1 is 0.906 bits per heavy atom. The molecule has 0 aliphatic rings. The lowest BCUT2D eigenvalue weighted by atomic mass is 10.2.